The second kappa shape index (κ2) is 7.92. The van der Waals surface area contributed by atoms with Crippen molar-refractivity contribution >= 4 is 11.0 Å². The fourth-order valence-corrected chi connectivity index (χ4v) is 6.79. The zero-order valence-corrected chi connectivity index (χ0v) is 23.0. The average Bonchev–Trinajstić information content (AvgIpc) is 3.36. The van der Waals surface area contributed by atoms with E-state index < -0.39 is 0 Å². The first-order chi connectivity index (χ1) is 19.3. The fourth-order valence-electron chi connectivity index (χ4n) is 6.79. The molecule has 192 valence electrons. The van der Waals surface area contributed by atoms with Gasteiger partial charge in [-0.15, -0.1) is 0 Å². The topological polar surface area (TPSA) is 51.6 Å². The molecule has 0 amide bonds. The molecule has 8 rings (SSSR count). The second-order valence-corrected chi connectivity index (χ2v) is 12.0. The Morgan fingerprint density at radius 3 is 1.38 bits per heavy atom. The number of aromatic nitrogens is 4. The van der Waals surface area contributed by atoms with Crippen LogP contribution >= 0.6 is 0 Å². The Morgan fingerprint density at radius 2 is 0.900 bits per heavy atom. The van der Waals surface area contributed by atoms with Crippen LogP contribution in [0.15, 0.2) is 97.3 Å². The summed E-state index contributed by atoms with van der Waals surface area (Å²) in [4.78, 5) is 19.3. The molecule has 4 nitrogen and oxygen atoms in total. The van der Waals surface area contributed by atoms with Gasteiger partial charge in [0.25, 0.3) is 0 Å². The second-order valence-electron chi connectivity index (χ2n) is 12.0. The molecule has 6 aromatic rings. The lowest BCUT2D eigenvalue weighted by Gasteiger charge is -2.21. The minimum atomic E-state index is -0.0743. The molecule has 0 spiro atoms. The summed E-state index contributed by atoms with van der Waals surface area (Å²) in [6.07, 6.45) is 3.66. The van der Waals surface area contributed by atoms with E-state index >= 15 is 0 Å². The van der Waals surface area contributed by atoms with Crippen LogP contribution in [-0.2, 0) is 10.8 Å². The Labute approximate surface area is 233 Å². The fraction of sp³-hybridized carbons (Fsp3) is 0.167. The Hall–Kier alpha value is -4.70. The van der Waals surface area contributed by atoms with Crippen LogP contribution in [0.3, 0.4) is 0 Å². The molecule has 0 atom stereocenters. The van der Waals surface area contributed by atoms with Crippen LogP contribution in [0.5, 0.6) is 0 Å². The molecule has 2 heterocycles. The summed E-state index contributed by atoms with van der Waals surface area (Å²) < 4.78 is 0. The minimum Gasteiger partial charge on any atom is -0.236 e. The molecule has 0 saturated carbocycles. The molecular weight excluding hydrogens is 488 g/mol. The highest BCUT2D eigenvalue weighted by Gasteiger charge is 2.36. The van der Waals surface area contributed by atoms with Crippen molar-refractivity contribution in [3.63, 3.8) is 0 Å². The molecule has 2 aliphatic carbocycles. The Bertz CT molecular complexity index is 1880. The molecule has 0 radical (unpaired) electrons. The summed E-state index contributed by atoms with van der Waals surface area (Å²) in [5.74, 6) is 1.36. The molecule has 40 heavy (non-hydrogen) atoms. The van der Waals surface area contributed by atoms with Gasteiger partial charge in [-0.05, 0) is 56.6 Å². The number of fused-ring (bicyclic) bond motifs is 7. The quantitative estimate of drug-likeness (QED) is 0.232. The van der Waals surface area contributed by atoms with E-state index in [2.05, 4.69) is 113 Å². The molecule has 4 aromatic carbocycles. The standard InChI is InChI=1S/C36H28N4/c1-35(2)28-11-7-5-9-24(28)26-15-13-21(17-30(26)35)32-37-19-23-20-38-33(40-34(23)39-32)22-14-16-27-25-10-6-8-12-29(25)36(3,4)31(27)18-22/h5-20H,1-4H3. The van der Waals surface area contributed by atoms with Crippen molar-refractivity contribution in [3.8, 4) is 45.0 Å². The predicted molar refractivity (Wildman–Crippen MR) is 161 cm³/mol. The zero-order chi connectivity index (χ0) is 27.2. The third-order valence-electron chi connectivity index (χ3n) is 9.02. The first kappa shape index (κ1) is 23.2. The number of hydrogen-bond donors (Lipinski definition) is 0. The Kier molecular flexibility index (Phi) is 4.60. The van der Waals surface area contributed by atoms with Gasteiger partial charge in [0.2, 0.25) is 0 Å². The highest BCUT2D eigenvalue weighted by atomic mass is 15.0. The zero-order valence-electron chi connectivity index (χ0n) is 23.0. The molecular formula is C36H28N4. The van der Waals surface area contributed by atoms with E-state index in [-0.39, 0.29) is 10.8 Å². The summed E-state index contributed by atoms with van der Waals surface area (Å²) in [7, 11) is 0. The molecule has 0 bridgehead atoms. The number of nitrogens with zero attached hydrogens (tertiary/aromatic N) is 4. The summed E-state index contributed by atoms with van der Waals surface area (Å²) in [6.45, 7) is 9.16. The van der Waals surface area contributed by atoms with Crippen LogP contribution in [0.2, 0.25) is 0 Å². The third-order valence-corrected chi connectivity index (χ3v) is 9.02. The highest BCUT2D eigenvalue weighted by Crippen LogP contribution is 2.50. The molecule has 4 heteroatoms. The first-order valence-corrected chi connectivity index (χ1v) is 13.8. The number of rotatable bonds is 2. The van der Waals surface area contributed by atoms with Crippen LogP contribution in [0, 0.1) is 0 Å². The molecule has 0 fully saturated rings. The van der Waals surface area contributed by atoms with E-state index in [1.54, 1.807) is 0 Å². The predicted octanol–water partition coefficient (Wildman–Crippen LogP) is 8.37. The smallest absolute Gasteiger partial charge is 0.167 e. The van der Waals surface area contributed by atoms with Gasteiger partial charge in [-0.25, -0.2) is 19.9 Å². The summed E-state index contributed by atoms with van der Waals surface area (Å²) in [5.41, 5.74) is 13.0. The van der Waals surface area contributed by atoms with Gasteiger partial charge in [0.1, 0.15) is 0 Å². The van der Waals surface area contributed by atoms with Crippen LogP contribution in [-0.4, -0.2) is 19.9 Å². The van der Waals surface area contributed by atoms with Crippen molar-refractivity contribution in [2.24, 2.45) is 0 Å². The van der Waals surface area contributed by atoms with E-state index in [0.717, 1.165) is 16.5 Å². The van der Waals surface area contributed by atoms with E-state index in [0.29, 0.717) is 17.3 Å². The summed E-state index contributed by atoms with van der Waals surface area (Å²) in [5, 5.41) is 0.829. The van der Waals surface area contributed by atoms with Crippen LogP contribution < -0.4 is 0 Å². The van der Waals surface area contributed by atoms with E-state index in [1.165, 1.54) is 44.5 Å². The van der Waals surface area contributed by atoms with Gasteiger partial charge in [-0.1, -0.05) is 100 Å². The van der Waals surface area contributed by atoms with Crippen molar-refractivity contribution in [2.75, 3.05) is 0 Å². The molecule has 2 aromatic heterocycles. The first-order valence-electron chi connectivity index (χ1n) is 13.8. The maximum atomic E-state index is 4.93. The molecule has 0 saturated heterocycles. The van der Waals surface area contributed by atoms with Gasteiger partial charge >= 0.3 is 0 Å². The van der Waals surface area contributed by atoms with Crippen molar-refractivity contribution in [1.82, 2.24) is 19.9 Å². The van der Waals surface area contributed by atoms with Crippen LogP contribution in [0.4, 0.5) is 0 Å². The maximum Gasteiger partial charge on any atom is 0.167 e. The van der Waals surface area contributed by atoms with Crippen molar-refractivity contribution < 1.29 is 0 Å². The highest BCUT2D eigenvalue weighted by molar-refractivity contribution is 5.85. The number of hydrogen-bond acceptors (Lipinski definition) is 4. The molecule has 2 aliphatic rings. The minimum absolute atomic E-state index is 0.0743. The maximum absolute atomic E-state index is 4.93. The van der Waals surface area contributed by atoms with E-state index in [9.17, 15) is 0 Å². The summed E-state index contributed by atoms with van der Waals surface area (Å²) in [6, 6.07) is 30.5. The molecule has 0 unspecified atom stereocenters. The summed E-state index contributed by atoms with van der Waals surface area (Å²) >= 11 is 0. The van der Waals surface area contributed by atoms with E-state index in [4.69, 9.17) is 19.9 Å². The van der Waals surface area contributed by atoms with Crippen molar-refractivity contribution in [3.05, 3.63) is 120 Å². The largest absolute Gasteiger partial charge is 0.236 e. The van der Waals surface area contributed by atoms with Crippen molar-refractivity contribution in [2.45, 2.75) is 38.5 Å². The Morgan fingerprint density at radius 1 is 0.475 bits per heavy atom. The van der Waals surface area contributed by atoms with Gasteiger partial charge in [-0.2, -0.15) is 0 Å². The van der Waals surface area contributed by atoms with E-state index in [1.807, 2.05) is 12.4 Å². The average molecular weight is 517 g/mol. The Balaban J connectivity index is 1.20. The lowest BCUT2D eigenvalue weighted by Crippen LogP contribution is -2.15. The molecule has 0 aliphatic heterocycles. The normalized spacial score (nSPS) is 15.4. The monoisotopic (exact) mass is 516 g/mol. The lowest BCUT2D eigenvalue weighted by molar-refractivity contribution is 0.660. The van der Waals surface area contributed by atoms with Crippen LogP contribution in [0.25, 0.3) is 56.1 Å². The van der Waals surface area contributed by atoms with Gasteiger partial charge in [-0.3, -0.25) is 0 Å². The lowest BCUT2D eigenvalue weighted by atomic mass is 9.82. The van der Waals surface area contributed by atoms with Crippen molar-refractivity contribution in [1.29, 1.82) is 0 Å². The van der Waals surface area contributed by atoms with Gasteiger partial charge < -0.3 is 0 Å². The molecule has 0 N–H and O–H groups in total. The van der Waals surface area contributed by atoms with Crippen LogP contribution in [0.1, 0.15) is 49.9 Å². The number of benzene rings is 4. The van der Waals surface area contributed by atoms with Gasteiger partial charge in [0, 0.05) is 34.4 Å². The van der Waals surface area contributed by atoms with Gasteiger partial charge in [0.05, 0.1) is 5.39 Å². The SMILES string of the molecule is CC1(C)c2ccccc2-c2ccc(-c3ncc4cnc(-c5ccc6c(c5)C(C)(C)c5ccccc5-6)nc4n3)cc21. The van der Waals surface area contributed by atoms with Gasteiger partial charge in [0.15, 0.2) is 17.3 Å². The third kappa shape index (κ3) is 3.13.